The molecule has 0 atom stereocenters. The molecule has 160 valence electrons. The van der Waals surface area contributed by atoms with Crippen LogP contribution in [0.2, 0.25) is 0 Å². The van der Waals surface area contributed by atoms with Crippen molar-refractivity contribution in [3.63, 3.8) is 0 Å². The van der Waals surface area contributed by atoms with Crippen LogP contribution < -0.4 is 10.1 Å². The Labute approximate surface area is 187 Å². The van der Waals surface area contributed by atoms with Crippen molar-refractivity contribution in [2.45, 2.75) is 49.4 Å². The Morgan fingerprint density at radius 3 is 2.37 bits per heavy atom. The molecule has 2 aromatic rings. The van der Waals surface area contributed by atoms with E-state index < -0.39 is 5.41 Å². The quantitative estimate of drug-likeness (QED) is 0.634. The van der Waals surface area contributed by atoms with Crippen LogP contribution in [0.5, 0.6) is 5.75 Å². The van der Waals surface area contributed by atoms with Gasteiger partial charge in [-0.1, -0.05) is 59.1 Å². The number of halogens is 1. The molecule has 0 unspecified atom stereocenters. The normalized spacial score (nSPS) is 19.9. The van der Waals surface area contributed by atoms with E-state index in [2.05, 4.69) is 45.5 Å². The Morgan fingerprint density at radius 2 is 1.70 bits per heavy atom. The van der Waals surface area contributed by atoms with Crippen molar-refractivity contribution in [3.8, 4) is 5.75 Å². The summed E-state index contributed by atoms with van der Waals surface area (Å²) in [7, 11) is 1.73. The molecule has 1 aliphatic heterocycles. The van der Waals surface area contributed by atoms with Crippen LogP contribution in [0.15, 0.2) is 53.0 Å². The second-order valence-electron chi connectivity index (χ2n) is 8.57. The fourth-order valence-electron chi connectivity index (χ4n) is 5.23. The molecule has 1 saturated carbocycles. The first-order chi connectivity index (χ1) is 14.6. The molecule has 1 N–H and O–H groups in total. The molecule has 0 bridgehead atoms. The molecule has 1 heterocycles. The number of nitrogens with one attached hydrogen (secondary N) is 1. The van der Waals surface area contributed by atoms with Gasteiger partial charge in [0, 0.05) is 35.2 Å². The summed E-state index contributed by atoms with van der Waals surface area (Å²) < 4.78 is 12.3. The fraction of sp³-hybridized carbons (Fsp3) is 0.480. The molecule has 1 aliphatic carbocycles. The Kier molecular flexibility index (Phi) is 6.49. The summed E-state index contributed by atoms with van der Waals surface area (Å²) in [6, 6.07) is 16.4. The minimum atomic E-state index is -0.528. The number of carbonyl (C=O) groups is 1. The van der Waals surface area contributed by atoms with Crippen LogP contribution >= 0.6 is 15.9 Å². The van der Waals surface area contributed by atoms with E-state index in [9.17, 15) is 4.79 Å². The Hall–Kier alpha value is -1.85. The molecule has 1 amide bonds. The van der Waals surface area contributed by atoms with Gasteiger partial charge in [-0.15, -0.1) is 0 Å². The number of ether oxygens (including phenoxy) is 2. The first-order valence-corrected chi connectivity index (χ1v) is 11.6. The molecular formula is C25H30BrNO3. The fourth-order valence-corrected chi connectivity index (χ4v) is 5.49. The van der Waals surface area contributed by atoms with E-state index in [1.165, 1.54) is 18.4 Å². The second-order valence-corrected chi connectivity index (χ2v) is 9.49. The molecule has 0 aromatic heterocycles. The van der Waals surface area contributed by atoms with Gasteiger partial charge in [-0.2, -0.15) is 0 Å². The lowest BCUT2D eigenvalue weighted by atomic mass is 9.72. The summed E-state index contributed by atoms with van der Waals surface area (Å²) in [6.45, 7) is 1.87. The van der Waals surface area contributed by atoms with Gasteiger partial charge in [0.25, 0.3) is 0 Å². The SMILES string of the molecule is COc1ccccc1C1(CNC(=O)C2(c3ccc(Br)cc3)CCOCC2)CCCC1. The lowest BCUT2D eigenvalue weighted by Gasteiger charge is -2.38. The molecule has 2 aromatic carbocycles. The van der Waals surface area contributed by atoms with E-state index in [4.69, 9.17) is 9.47 Å². The molecule has 4 nitrogen and oxygen atoms in total. The zero-order valence-electron chi connectivity index (χ0n) is 17.6. The standard InChI is InChI=1S/C25H30BrNO3/c1-29-22-7-3-2-6-21(22)24(12-4-5-13-24)18-27-23(28)25(14-16-30-17-15-25)19-8-10-20(26)11-9-19/h2-3,6-11H,4-5,12-18H2,1H3,(H,27,28). The number of benzene rings is 2. The van der Waals surface area contributed by atoms with Crippen LogP contribution in [0.4, 0.5) is 0 Å². The molecule has 4 rings (SSSR count). The van der Waals surface area contributed by atoms with Crippen LogP contribution in [0.3, 0.4) is 0 Å². The molecule has 30 heavy (non-hydrogen) atoms. The third kappa shape index (κ3) is 4.02. The molecule has 5 heteroatoms. The number of carbonyl (C=O) groups excluding carboxylic acids is 1. The van der Waals surface area contributed by atoms with E-state index in [0.29, 0.717) is 32.6 Å². The van der Waals surface area contributed by atoms with Gasteiger partial charge in [-0.25, -0.2) is 0 Å². The minimum Gasteiger partial charge on any atom is -0.496 e. The van der Waals surface area contributed by atoms with Gasteiger partial charge in [-0.05, 0) is 49.4 Å². The number of hydrogen-bond acceptors (Lipinski definition) is 3. The van der Waals surface area contributed by atoms with Gasteiger partial charge in [0.1, 0.15) is 5.75 Å². The van der Waals surface area contributed by atoms with Crippen LogP contribution in [0, 0.1) is 0 Å². The Balaban J connectivity index is 1.60. The van der Waals surface area contributed by atoms with Crippen molar-refractivity contribution in [2.75, 3.05) is 26.9 Å². The second kappa shape index (κ2) is 9.11. The third-order valence-electron chi connectivity index (χ3n) is 7.00. The van der Waals surface area contributed by atoms with Gasteiger partial charge in [0.05, 0.1) is 12.5 Å². The van der Waals surface area contributed by atoms with E-state index in [-0.39, 0.29) is 11.3 Å². The average molecular weight is 472 g/mol. The first-order valence-electron chi connectivity index (χ1n) is 10.9. The van der Waals surface area contributed by atoms with E-state index in [0.717, 1.165) is 28.6 Å². The van der Waals surface area contributed by atoms with Crippen molar-refractivity contribution >= 4 is 21.8 Å². The van der Waals surface area contributed by atoms with E-state index in [1.807, 2.05) is 24.3 Å². The molecule has 0 spiro atoms. The average Bonchev–Trinajstić information content (AvgIpc) is 3.28. The number of hydrogen-bond donors (Lipinski definition) is 1. The Bertz CT molecular complexity index is 868. The topological polar surface area (TPSA) is 47.6 Å². The lowest BCUT2D eigenvalue weighted by molar-refractivity contribution is -0.130. The number of methoxy groups -OCH3 is 1. The predicted molar refractivity (Wildman–Crippen MR) is 122 cm³/mol. The maximum atomic E-state index is 13.7. The first kappa shape index (κ1) is 21.4. The summed E-state index contributed by atoms with van der Waals surface area (Å²) in [5.74, 6) is 1.04. The molecule has 2 fully saturated rings. The monoisotopic (exact) mass is 471 g/mol. The number of amides is 1. The van der Waals surface area contributed by atoms with Crippen LogP contribution in [0.1, 0.15) is 49.7 Å². The zero-order chi connectivity index (χ0) is 21.0. The van der Waals surface area contributed by atoms with Gasteiger partial charge in [0.2, 0.25) is 5.91 Å². The van der Waals surface area contributed by atoms with Crippen molar-refractivity contribution in [1.29, 1.82) is 0 Å². The molecule has 1 saturated heterocycles. The van der Waals surface area contributed by atoms with Gasteiger partial charge >= 0.3 is 0 Å². The van der Waals surface area contributed by atoms with E-state index in [1.54, 1.807) is 7.11 Å². The van der Waals surface area contributed by atoms with Crippen molar-refractivity contribution < 1.29 is 14.3 Å². The summed E-state index contributed by atoms with van der Waals surface area (Å²) in [6.07, 6.45) is 5.92. The summed E-state index contributed by atoms with van der Waals surface area (Å²) in [5, 5.41) is 3.38. The largest absolute Gasteiger partial charge is 0.496 e. The lowest BCUT2D eigenvalue weighted by Crippen LogP contribution is -2.51. The van der Waals surface area contributed by atoms with Crippen molar-refractivity contribution in [2.24, 2.45) is 0 Å². The maximum absolute atomic E-state index is 13.7. The zero-order valence-corrected chi connectivity index (χ0v) is 19.2. The maximum Gasteiger partial charge on any atom is 0.230 e. The smallest absolute Gasteiger partial charge is 0.230 e. The predicted octanol–water partition coefficient (Wildman–Crippen LogP) is 5.13. The summed E-state index contributed by atoms with van der Waals surface area (Å²) >= 11 is 3.51. The van der Waals surface area contributed by atoms with Crippen molar-refractivity contribution in [1.82, 2.24) is 5.32 Å². The van der Waals surface area contributed by atoms with Gasteiger partial charge < -0.3 is 14.8 Å². The highest BCUT2D eigenvalue weighted by molar-refractivity contribution is 9.10. The summed E-state index contributed by atoms with van der Waals surface area (Å²) in [5.41, 5.74) is 1.70. The highest BCUT2D eigenvalue weighted by atomic mass is 79.9. The van der Waals surface area contributed by atoms with Gasteiger partial charge in [-0.3, -0.25) is 4.79 Å². The van der Waals surface area contributed by atoms with Gasteiger partial charge in [0.15, 0.2) is 0 Å². The van der Waals surface area contributed by atoms with Crippen LogP contribution in [-0.2, 0) is 20.4 Å². The molecule has 2 aliphatic rings. The minimum absolute atomic E-state index is 0.0612. The number of rotatable bonds is 6. The van der Waals surface area contributed by atoms with Crippen LogP contribution in [-0.4, -0.2) is 32.8 Å². The highest BCUT2D eigenvalue weighted by Gasteiger charge is 2.44. The van der Waals surface area contributed by atoms with Crippen molar-refractivity contribution in [3.05, 3.63) is 64.1 Å². The van der Waals surface area contributed by atoms with Crippen LogP contribution in [0.25, 0.3) is 0 Å². The van der Waals surface area contributed by atoms with E-state index >= 15 is 0 Å². The summed E-state index contributed by atoms with van der Waals surface area (Å²) in [4.78, 5) is 13.7. The Morgan fingerprint density at radius 1 is 1.03 bits per heavy atom. The highest BCUT2D eigenvalue weighted by Crippen LogP contribution is 2.45. The molecular weight excluding hydrogens is 442 g/mol. The third-order valence-corrected chi connectivity index (χ3v) is 7.53. The number of para-hydroxylation sites is 1. The molecule has 0 radical (unpaired) electrons.